The molecule has 0 aromatic heterocycles. The van der Waals surface area contributed by atoms with Gasteiger partial charge in [0.25, 0.3) is 0 Å². The predicted octanol–water partition coefficient (Wildman–Crippen LogP) is 1.65. The molecule has 3 aliphatic rings. The molecule has 2 heterocycles. The Hall–Kier alpha value is -0.160. The zero-order chi connectivity index (χ0) is 13.8. The van der Waals surface area contributed by atoms with Crippen LogP contribution in [0.4, 0.5) is 0 Å². The zero-order valence-corrected chi connectivity index (χ0v) is 12.9. The molecule has 1 aliphatic carbocycles. The summed E-state index contributed by atoms with van der Waals surface area (Å²) in [6.07, 6.45) is 6.75. The Morgan fingerprint density at radius 3 is 2.70 bits per heavy atom. The summed E-state index contributed by atoms with van der Waals surface area (Å²) in [6.45, 7) is 9.62. The van der Waals surface area contributed by atoms with E-state index in [1.165, 1.54) is 38.8 Å². The molecule has 0 bridgehead atoms. The van der Waals surface area contributed by atoms with E-state index in [1.807, 2.05) is 0 Å². The number of nitrogens with zero attached hydrogens (tertiary/aromatic N) is 1. The predicted molar refractivity (Wildman–Crippen MR) is 80.0 cm³/mol. The summed E-state index contributed by atoms with van der Waals surface area (Å²) in [5.74, 6) is 0. The van der Waals surface area contributed by atoms with E-state index in [0.717, 1.165) is 45.4 Å². The minimum atomic E-state index is 0.427. The van der Waals surface area contributed by atoms with Crippen LogP contribution in [0.1, 0.15) is 39.0 Å². The van der Waals surface area contributed by atoms with Gasteiger partial charge in [-0.2, -0.15) is 0 Å². The molecule has 3 fully saturated rings. The molecule has 0 spiro atoms. The van der Waals surface area contributed by atoms with Crippen molar-refractivity contribution in [2.24, 2.45) is 5.41 Å². The number of hydrogen-bond donors (Lipinski definition) is 1. The number of nitrogens with one attached hydrogen (secondary N) is 1. The smallest absolute Gasteiger partial charge is 0.0700 e. The van der Waals surface area contributed by atoms with Gasteiger partial charge in [-0.15, -0.1) is 0 Å². The van der Waals surface area contributed by atoms with Crippen molar-refractivity contribution in [2.75, 3.05) is 46.0 Å². The first-order valence-corrected chi connectivity index (χ1v) is 8.45. The maximum Gasteiger partial charge on any atom is 0.0700 e. The standard InChI is InChI=1S/C16H30N2O2/c1-2-15-11-18(7-10-20-15)13-16(5-8-19-9-6-16)12-17-14-3-4-14/h14-15,17H,2-13H2,1H3. The van der Waals surface area contributed by atoms with Crippen molar-refractivity contribution in [1.82, 2.24) is 10.2 Å². The highest BCUT2D eigenvalue weighted by atomic mass is 16.5. The molecule has 20 heavy (non-hydrogen) atoms. The first kappa shape index (κ1) is 14.8. The molecule has 0 radical (unpaired) electrons. The lowest BCUT2D eigenvalue weighted by atomic mass is 9.79. The van der Waals surface area contributed by atoms with Gasteiger partial charge in [-0.25, -0.2) is 0 Å². The Balaban J connectivity index is 1.56. The SMILES string of the molecule is CCC1CN(CC2(CNC3CC3)CCOCC2)CCO1. The second kappa shape index (κ2) is 6.73. The summed E-state index contributed by atoms with van der Waals surface area (Å²) in [6, 6.07) is 0.808. The van der Waals surface area contributed by atoms with E-state index in [2.05, 4.69) is 17.1 Å². The topological polar surface area (TPSA) is 33.7 Å². The molecule has 2 aliphatic heterocycles. The summed E-state index contributed by atoms with van der Waals surface area (Å²) >= 11 is 0. The van der Waals surface area contributed by atoms with Crippen LogP contribution in [0, 0.1) is 5.41 Å². The van der Waals surface area contributed by atoms with Crippen molar-refractivity contribution in [3.8, 4) is 0 Å². The highest BCUT2D eigenvalue weighted by molar-refractivity contribution is 4.91. The third kappa shape index (κ3) is 3.94. The van der Waals surface area contributed by atoms with Crippen molar-refractivity contribution in [3.63, 3.8) is 0 Å². The molecular weight excluding hydrogens is 252 g/mol. The minimum Gasteiger partial charge on any atom is -0.381 e. The molecule has 1 N–H and O–H groups in total. The third-order valence-corrected chi connectivity index (χ3v) is 5.13. The summed E-state index contributed by atoms with van der Waals surface area (Å²) in [5.41, 5.74) is 0.427. The molecule has 4 heteroatoms. The molecule has 4 nitrogen and oxygen atoms in total. The Morgan fingerprint density at radius 1 is 1.20 bits per heavy atom. The van der Waals surface area contributed by atoms with Crippen LogP contribution in [-0.2, 0) is 9.47 Å². The maximum absolute atomic E-state index is 5.81. The van der Waals surface area contributed by atoms with Gasteiger partial charge in [-0.3, -0.25) is 4.90 Å². The average molecular weight is 282 g/mol. The lowest BCUT2D eigenvalue weighted by Crippen LogP contribution is -2.52. The molecule has 2 saturated heterocycles. The lowest BCUT2D eigenvalue weighted by molar-refractivity contribution is -0.0601. The van der Waals surface area contributed by atoms with Gasteiger partial charge in [-0.1, -0.05) is 6.92 Å². The number of morpholine rings is 1. The lowest BCUT2D eigenvalue weighted by Gasteiger charge is -2.43. The molecule has 1 unspecified atom stereocenters. The average Bonchev–Trinajstić information content (AvgIpc) is 3.31. The third-order valence-electron chi connectivity index (χ3n) is 5.13. The monoisotopic (exact) mass is 282 g/mol. The van der Waals surface area contributed by atoms with Crippen molar-refractivity contribution in [3.05, 3.63) is 0 Å². The Labute approximate surface area is 123 Å². The van der Waals surface area contributed by atoms with Crippen molar-refractivity contribution >= 4 is 0 Å². The van der Waals surface area contributed by atoms with Gasteiger partial charge >= 0.3 is 0 Å². The Bertz CT molecular complexity index is 301. The van der Waals surface area contributed by atoms with E-state index in [1.54, 1.807) is 0 Å². The van der Waals surface area contributed by atoms with E-state index in [-0.39, 0.29) is 0 Å². The molecule has 3 rings (SSSR count). The summed E-state index contributed by atoms with van der Waals surface area (Å²) in [5, 5.41) is 3.77. The van der Waals surface area contributed by atoms with Gasteiger partial charge in [0, 0.05) is 45.4 Å². The van der Waals surface area contributed by atoms with E-state index in [0.29, 0.717) is 11.5 Å². The van der Waals surface area contributed by atoms with Crippen LogP contribution in [0.3, 0.4) is 0 Å². The Kier molecular flexibility index (Phi) is 4.97. The van der Waals surface area contributed by atoms with Crippen molar-refractivity contribution in [1.29, 1.82) is 0 Å². The van der Waals surface area contributed by atoms with Gasteiger partial charge in [0.1, 0.15) is 0 Å². The normalized spacial score (nSPS) is 31.4. The largest absolute Gasteiger partial charge is 0.381 e. The van der Waals surface area contributed by atoms with Gasteiger partial charge in [0.05, 0.1) is 12.7 Å². The van der Waals surface area contributed by atoms with Crippen LogP contribution in [0.5, 0.6) is 0 Å². The molecule has 0 aromatic rings. The first-order chi connectivity index (χ1) is 9.80. The fraction of sp³-hybridized carbons (Fsp3) is 1.00. The summed E-state index contributed by atoms with van der Waals surface area (Å²) < 4.78 is 11.4. The summed E-state index contributed by atoms with van der Waals surface area (Å²) in [4.78, 5) is 2.64. The van der Waals surface area contributed by atoms with Crippen LogP contribution >= 0.6 is 0 Å². The van der Waals surface area contributed by atoms with Gasteiger partial charge in [0.2, 0.25) is 0 Å². The second-order valence-electron chi connectivity index (χ2n) is 6.90. The van der Waals surface area contributed by atoms with Crippen molar-refractivity contribution in [2.45, 2.75) is 51.2 Å². The van der Waals surface area contributed by atoms with E-state index in [4.69, 9.17) is 9.47 Å². The maximum atomic E-state index is 5.81. The fourth-order valence-electron chi connectivity index (χ4n) is 3.49. The van der Waals surface area contributed by atoms with Crippen LogP contribution in [0.15, 0.2) is 0 Å². The van der Waals surface area contributed by atoms with E-state index in [9.17, 15) is 0 Å². The number of rotatable bonds is 6. The van der Waals surface area contributed by atoms with Crippen LogP contribution in [0.25, 0.3) is 0 Å². The zero-order valence-electron chi connectivity index (χ0n) is 12.9. The van der Waals surface area contributed by atoms with E-state index < -0.39 is 0 Å². The minimum absolute atomic E-state index is 0.427. The fourth-order valence-corrected chi connectivity index (χ4v) is 3.49. The highest BCUT2D eigenvalue weighted by Crippen LogP contribution is 2.33. The molecule has 0 amide bonds. The molecule has 0 aromatic carbocycles. The van der Waals surface area contributed by atoms with Gasteiger partial charge < -0.3 is 14.8 Å². The van der Waals surface area contributed by atoms with Crippen LogP contribution < -0.4 is 5.32 Å². The van der Waals surface area contributed by atoms with Crippen LogP contribution in [0.2, 0.25) is 0 Å². The number of ether oxygens (including phenoxy) is 2. The number of hydrogen-bond acceptors (Lipinski definition) is 4. The molecule has 1 atom stereocenters. The highest BCUT2D eigenvalue weighted by Gasteiger charge is 2.37. The molecule has 116 valence electrons. The quantitative estimate of drug-likeness (QED) is 0.803. The van der Waals surface area contributed by atoms with E-state index >= 15 is 0 Å². The Morgan fingerprint density at radius 2 is 2.00 bits per heavy atom. The second-order valence-corrected chi connectivity index (χ2v) is 6.90. The first-order valence-electron chi connectivity index (χ1n) is 8.45. The van der Waals surface area contributed by atoms with Gasteiger partial charge in [0.15, 0.2) is 0 Å². The molecular formula is C16H30N2O2. The summed E-state index contributed by atoms with van der Waals surface area (Å²) in [7, 11) is 0. The van der Waals surface area contributed by atoms with Gasteiger partial charge in [-0.05, 0) is 37.5 Å². The van der Waals surface area contributed by atoms with Crippen molar-refractivity contribution < 1.29 is 9.47 Å². The molecule has 1 saturated carbocycles. The van der Waals surface area contributed by atoms with Crippen LogP contribution in [-0.4, -0.2) is 63.0 Å².